The van der Waals surface area contributed by atoms with Crippen molar-refractivity contribution in [2.75, 3.05) is 65.1 Å². The number of amides is 1. The molecular formula is C32H47N7O4. The Morgan fingerprint density at radius 1 is 1.09 bits per heavy atom. The van der Waals surface area contributed by atoms with Crippen molar-refractivity contribution in [2.45, 2.75) is 56.4 Å². The molecule has 6 N–H and O–H groups in total. The van der Waals surface area contributed by atoms with Crippen molar-refractivity contribution in [3.63, 3.8) is 0 Å². The Bertz CT molecular complexity index is 1220. The van der Waals surface area contributed by atoms with Gasteiger partial charge in [-0.25, -0.2) is 4.98 Å². The van der Waals surface area contributed by atoms with Crippen molar-refractivity contribution >= 4 is 23.8 Å². The summed E-state index contributed by atoms with van der Waals surface area (Å²) in [5.41, 5.74) is 9.64. The van der Waals surface area contributed by atoms with E-state index in [9.17, 15) is 4.79 Å². The van der Waals surface area contributed by atoms with Crippen molar-refractivity contribution in [3.8, 4) is 0 Å². The number of carbonyl (C=O) groups is 1. The second-order valence-electron chi connectivity index (χ2n) is 11.3. The van der Waals surface area contributed by atoms with Gasteiger partial charge in [0.2, 0.25) is 0 Å². The maximum absolute atomic E-state index is 13.3. The summed E-state index contributed by atoms with van der Waals surface area (Å²) in [5.74, 6) is 0.607. The first kappa shape index (κ1) is 32.7. The molecule has 11 nitrogen and oxygen atoms in total. The fourth-order valence-corrected chi connectivity index (χ4v) is 5.30. The van der Waals surface area contributed by atoms with Crippen molar-refractivity contribution in [3.05, 3.63) is 58.9 Å². The molecule has 0 unspecified atom stereocenters. The molecule has 1 heterocycles. The average molecular weight is 594 g/mol. The number of rotatable bonds is 20. The molecule has 43 heavy (non-hydrogen) atoms. The number of ether oxygens (including phenoxy) is 3. The van der Waals surface area contributed by atoms with Gasteiger partial charge in [-0.15, -0.1) is 0 Å². The van der Waals surface area contributed by atoms with Crippen LogP contribution in [0.5, 0.6) is 0 Å². The molecule has 0 atom stereocenters. The van der Waals surface area contributed by atoms with Crippen LogP contribution in [-0.2, 0) is 26.2 Å². The number of nitrogens with two attached hydrogens (primary N) is 1. The van der Waals surface area contributed by atoms with Gasteiger partial charge < -0.3 is 35.5 Å². The van der Waals surface area contributed by atoms with E-state index >= 15 is 0 Å². The summed E-state index contributed by atoms with van der Waals surface area (Å²) in [6.45, 7) is 5.19. The fourth-order valence-electron chi connectivity index (χ4n) is 5.30. The molecule has 0 saturated heterocycles. The van der Waals surface area contributed by atoms with Gasteiger partial charge in [-0.05, 0) is 55.0 Å². The van der Waals surface area contributed by atoms with E-state index in [0.717, 1.165) is 54.6 Å². The summed E-state index contributed by atoms with van der Waals surface area (Å²) in [6, 6.07) is 11.8. The van der Waals surface area contributed by atoms with Crippen molar-refractivity contribution < 1.29 is 19.0 Å². The first-order chi connectivity index (χ1) is 21.0. The van der Waals surface area contributed by atoms with Crippen molar-refractivity contribution in [1.29, 1.82) is 10.8 Å². The molecule has 2 aliphatic rings. The number of pyridine rings is 1. The van der Waals surface area contributed by atoms with Crippen LogP contribution in [0.25, 0.3) is 0 Å². The zero-order valence-corrected chi connectivity index (χ0v) is 25.3. The van der Waals surface area contributed by atoms with E-state index in [-0.39, 0.29) is 11.3 Å². The SMILES string of the molecule is CN(C=N)C(=N)CC1(c2cccc(NC(=O)c3ccc(CNCCOCCOCCOCCN)c(C4CC4)n3)c2)CCC1. The van der Waals surface area contributed by atoms with Gasteiger partial charge in [0.1, 0.15) is 11.5 Å². The highest BCUT2D eigenvalue weighted by atomic mass is 16.5. The molecule has 2 aromatic rings. The van der Waals surface area contributed by atoms with Crippen molar-refractivity contribution in [1.82, 2.24) is 15.2 Å². The predicted octanol–water partition coefficient (Wildman–Crippen LogP) is 3.64. The minimum absolute atomic E-state index is 0.125. The number of nitrogens with one attached hydrogen (secondary N) is 4. The summed E-state index contributed by atoms with van der Waals surface area (Å²) in [5, 5.41) is 22.3. The van der Waals surface area contributed by atoms with E-state index in [0.29, 0.717) is 83.1 Å². The second-order valence-corrected chi connectivity index (χ2v) is 11.3. The topological polar surface area (TPSA) is 159 Å². The smallest absolute Gasteiger partial charge is 0.274 e. The number of carbonyl (C=O) groups excluding carboxylic acids is 1. The van der Waals surface area contributed by atoms with Crippen LogP contribution < -0.4 is 16.4 Å². The van der Waals surface area contributed by atoms with E-state index in [1.54, 1.807) is 18.0 Å². The van der Waals surface area contributed by atoms with Gasteiger partial charge in [0.25, 0.3) is 5.91 Å². The van der Waals surface area contributed by atoms with Crippen molar-refractivity contribution in [2.24, 2.45) is 5.73 Å². The highest BCUT2D eigenvalue weighted by molar-refractivity contribution is 6.03. The summed E-state index contributed by atoms with van der Waals surface area (Å²) >= 11 is 0. The molecule has 0 spiro atoms. The molecule has 2 aliphatic carbocycles. The Morgan fingerprint density at radius 3 is 2.47 bits per heavy atom. The molecule has 1 aromatic heterocycles. The lowest BCUT2D eigenvalue weighted by Crippen LogP contribution is -2.40. The summed E-state index contributed by atoms with van der Waals surface area (Å²) < 4.78 is 16.4. The number of anilines is 1. The normalized spacial score (nSPS) is 15.5. The molecule has 0 aliphatic heterocycles. The van der Waals surface area contributed by atoms with Crippen LogP contribution in [0.4, 0.5) is 5.69 Å². The number of benzene rings is 1. The van der Waals surface area contributed by atoms with Crippen LogP contribution in [0.3, 0.4) is 0 Å². The van der Waals surface area contributed by atoms with Gasteiger partial charge in [-0.2, -0.15) is 0 Å². The number of nitrogens with zero attached hydrogens (tertiary/aromatic N) is 2. The van der Waals surface area contributed by atoms with Crippen LogP contribution in [0.15, 0.2) is 36.4 Å². The zero-order valence-electron chi connectivity index (χ0n) is 25.3. The molecule has 234 valence electrons. The van der Waals surface area contributed by atoms with Crippen LogP contribution in [-0.4, -0.2) is 87.7 Å². The van der Waals surface area contributed by atoms with Gasteiger partial charge in [-0.1, -0.05) is 24.6 Å². The molecular weight excluding hydrogens is 546 g/mol. The summed E-state index contributed by atoms with van der Waals surface area (Å²) in [7, 11) is 1.74. The first-order valence-corrected chi connectivity index (χ1v) is 15.3. The fraction of sp³-hybridized carbons (Fsp3) is 0.562. The Balaban J connectivity index is 1.26. The number of aromatic nitrogens is 1. The van der Waals surface area contributed by atoms with Gasteiger partial charge in [0.05, 0.1) is 46.0 Å². The van der Waals surface area contributed by atoms with Crippen LogP contribution in [0.2, 0.25) is 0 Å². The monoisotopic (exact) mass is 593 g/mol. The largest absolute Gasteiger partial charge is 0.378 e. The minimum Gasteiger partial charge on any atom is -0.378 e. The van der Waals surface area contributed by atoms with E-state index in [1.807, 2.05) is 24.3 Å². The Morgan fingerprint density at radius 2 is 1.81 bits per heavy atom. The molecule has 2 fully saturated rings. The lowest BCUT2D eigenvalue weighted by molar-refractivity contribution is 0.0165. The predicted molar refractivity (Wildman–Crippen MR) is 168 cm³/mol. The lowest BCUT2D eigenvalue weighted by atomic mass is 9.62. The minimum atomic E-state index is -0.223. The highest BCUT2D eigenvalue weighted by Crippen LogP contribution is 2.47. The Hall–Kier alpha value is -3.22. The number of hydrogen-bond donors (Lipinski definition) is 5. The maximum atomic E-state index is 13.3. The quantitative estimate of drug-likeness (QED) is 0.0884. The third-order valence-electron chi connectivity index (χ3n) is 8.12. The zero-order chi connectivity index (χ0) is 30.5. The average Bonchev–Trinajstić information content (AvgIpc) is 3.85. The van der Waals surface area contributed by atoms with E-state index in [2.05, 4.69) is 16.7 Å². The standard InChI is InChI=1S/C32H47N7O4/c1-39(23-34)29(35)21-32(10-3-11-32)26-4-2-5-27(20-26)37-31(40)28-9-8-25(30(38-28)24-6-7-24)22-36-13-15-42-17-19-43-18-16-41-14-12-33/h2,4-5,8-9,20,23-24,34-36H,3,6-7,10-19,21-22,33H2,1H3,(H,37,40). The van der Waals surface area contributed by atoms with E-state index < -0.39 is 0 Å². The van der Waals surface area contributed by atoms with Gasteiger partial charge >= 0.3 is 0 Å². The van der Waals surface area contributed by atoms with E-state index in [1.165, 1.54) is 6.34 Å². The van der Waals surface area contributed by atoms with E-state index in [4.69, 9.17) is 35.7 Å². The van der Waals surface area contributed by atoms with Crippen LogP contribution >= 0.6 is 0 Å². The first-order valence-electron chi connectivity index (χ1n) is 15.3. The summed E-state index contributed by atoms with van der Waals surface area (Å²) in [6.07, 6.45) is 7.04. The number of hydrogen-bond acceptors (Lipinski definition) is 9. The number of amidine groups is 1. The third-order valence-corrected chi connectivity index (χ3v) is 8.12. The second kappa shape index (κ2) is 16.6. The molecule has 1 amide bonds. The molecule has 11 heteroatoms. The third kappa shape index (κ3) is 9.64. The molecule has 4 rings (SSSR count). The van der Waals surface area contributed by atoms with Gasteiger partial charge in [0, 0.05) is 55.8 Å². The molecule has 0 radical (unpaired) electrons. The maximum Gasteiger partial charge on any atom is 0.274 e. The lowest BCUT2D eigenvalue weighted by Gasteiger charge is -2.43. The Kier molecular flexibility index (Phi) is 12.6. The molecule has 2 saturated carbocycles. The summed E-state index contributed by atoms with van der Waals surface area (Å²) in [4.78, 5) is 19.6. The van der Waals surface area contributed by atoms with Crippen LogP contribution in [0, 0.1) is 10.8 Å². The van der Waals surface area contributed by atoms with Gasteiger partial charge in [0.15, 0.2) is 0 Å². The molecule has 1 aromatic carbocycles. The highest BCUT2D eigenvalue weighted by Gasteiger charge is 2.40. The molecule has 0 bridgehead atoms. The van der Waals surface area contributed by atoms with Crippen LogP contribution in [0.1, 0.15) is 71.8 Å². The Labute approximate surface area is 254 Å². The van der Waals surface area contributed by atoms with Gasteiger partial charge in [-0.3, -0.25) is 15.6 Å².